The van der Waals surface area contributed by atoms with E-state index in [0.717, 1.165) is 34.6 Å². The SMILES string of the molecule is CCCc1ccc2nc(-c3cc4ccncc4s3)[nH]c2c1. The fraction of sp³-hybridized carbons (Fsp3) is 0.176. The van der Waals surface area contributed by atoms with Crippen LogP contribution in [-0.4, -0.2) is 15.0 Å². The first-order valence-corrected chi connectivity index (χ1v) is 7.98. The van der Waals surface area contributed by atoms with E-state index >= 15 is 0 Å². The van der Waals surface area contributed by atoms with E-state index in [1.165, 1.54) is 15.6 Å². The van der Waals surface area contributed by atoms with Crippen LogP contribution in [0.1, 0.15) is 18.9 Å². The van der Waals surface area contributed by atoms with Crippen molar-refractivity contribution < 1.29 is 0 Å². The fourth-order valence-corrected chi connectivity index (χ4v) is 3.59. The van der Waals surface area contributed by atoms with E-state index in [2.05, 4.69) is 41.2 Å². The number of pyridine rings is 1. The van der Waals surface area contributed by atoms with Gasteiger partial charge >= 0.3 is 0 Å². The largest absolute Gasteiger partial charge is 0.337 e. The molecule has 0 unspecified atom stereocenters. The minimum absolute atomic E-state index is 0.944. The van der Waals surface area contributed by atoms with Crippen LogP contribution in [0.15, 0.2) is 42.7 Å². The summed E-state index contributed by atoms with van der Waals surface area (Å²) in [5, 5.41) is 1.22. The predicted molar refractivity (Wildman–Crippen MR) is 88.7 cm³/mol. The average Bonchev–Trinajstić information content (AvgIpc) is 3.10. The highest BCUT2D eigenvalue weighted by molar-refractivity contribution is 7.22. The van der Waals surface area contributed by atoms with Crippen molar-refractivity contribution in [3.63, 3.8) is 0 Å². The molecule has 21 heavy (non-hydrogen) atoms. The molecule has 0 aliphatic carbocycles. The van der Waals surface area contributed by atoms with Crippen LogP contribution in [0.3, 0.4) is 0 Å². The first kappa shape index (κ1) is 12.5. The van der Waals surface area contributed by atoms with Gasteiger partial charge in [0.15, 0.2) is 0 Å². The van der Waals surface area contributed by atoms with Crippen molar-refractivity contribution in [2.24, 2.45) is 0 Å². The van der Waals surface area contributed by atoms with Crippen LogP contribution in [-0.2, 0) is 6.42 Å². The summed E-state index contributed by atoms with van der Waals surface area (Å²) in [5.41, 5.74) is 3.51. The summed E-state index contributed by atoms with van der Waals surface area (Å²) in [6, 6.07) is 10.7. The smallest absolute Gasteiger partial charge is 0.148 e. The number of rotatable bonds is 3. The topological polar surface area (TPSA) is 41.6 Å². The highest BCUT2D eigenvalue weighted by Crippen LogP contribution is 2.32. The van der Waals surface area contributed by atoms with Gasteiger partial charge in [-0.15, -0.1) is 11.3 Å². The lowest BCUT2D eigenvalue weighted by atomic mass is 10.1. The number of imidazole rings is 1. The highest BCUT2D eigenvalue weighted by atomic mass is 32.1. The lowest BCUT2D eigenvalue weighted by molar-refractivity contribution is 0.923. The standard InChI is InChI=1S/C17H15N3S/c1-2-3-11-4-5-13-14(8-11)20-17(19-13)15-9-12-6-7-18-10-16(12)21-15/h4-10H,2-3H2,1H3,(H,19,20). The van der Waals surface area contributed by atoms with Crippen LogP contribution in [0.2, 0.25) is 0 Å². The van der Waals surface area contributed by atoms with E-state index in [0.29, 0.717) is 0 Å². The van der Waals surface area contributed by atoms with Gasteiger partial charge in [0.1, 0.15) is 5.82 Å². The molecule has 104 valence electrons. The van der Waals surface area contributed by atoms with Gasteiger partial charge in [0.25, 0.3) is 0 Å². The van der Waals surface area contributed by atoms with Crippen LogP contribution >= 0.6 is 11.3 Å². The molecule has 3 nitrogen and oxygen atoms in total. The molecule has 0 aliphatic rings. The van der Waals surface area contributed by atoms with Gasteiger partial charge in [0, 0.05) is 12.4 Å². The molecule has 4 heteroatoms. The van der Waals surface area contributed by atoms with Crippen molar-refractivity contribution in [3.05, 3.63) is 48.3 Å². The molecule has 0 saturated carbocycles. The highest BCUT2D eigenvalue weighted by Gasteiger charge is 2.09. The summed E-state index contributed by atoms with van der Waals surface area (Å²) in [7, 11) is 0. The quantitative estimate of drug-likeness (QED) is 0.590. The second-order valence-electron chi connectivity index (χ2n) is 5.21. The molecule has 0 atom stereocenters. The first-order valence-electron chi connectivity index (χ1n) is 7.16. The Hall–Kier alpha value is -2.20. The summed E-state index contributed by atoms with van der Waals surface area (Å²) in [6.45, 7) is 2.20. The molecule has 0 amide bonds. The Morgan fingerprint density at radius 3 is 3.00 bits per heavy atom. The summed E-state index contributed by atoms with van der Waals surface area (Å²) in [4.78, 5) is 13.5. The van der Waals surface area contributed by atoms with Crippen LogP contribution in [0.4, 0.5) is 0 Å². The zero-order valence-corrected chi connectivity index (χ0v) is 12.6. The number of hydrogen-bond acceptors (Lipinski definition) is 3. The van der Waals surface area contributed by atoms with E-state index < -0.39 is 0 Å². The molecule has 4 aromatic rings. The van der Waals surface area contributed by atoms with Crippen molar-refractivity contribution in [2.45, 2.75) is 19.8 Å². The summed E-state index contributed by atoms with van der Waals surface area (Å²) in [6.07, 6.45) is 6.01. The number of aromatic amines is 1. The summed E-state index contributed by atoms with van der Waals surface area (Å²) in [5.74, 6) is 0.944. The van der Waals surface area contributed by atoms with Crippen LogP contribution in [0, 0.1) is 0 Å². The molecule has 3 aromatic heterocycles. The second kappa shape index (κ2) is 4.97. The van der Waals surface area contributed by atoms with E-state index in [1.807, 2.05) is 18.5 Å². The van der Waals surface area contributed by atoms with Crippen molar-refractivity contribution in [1.82, 2.24) is 15.0 Å². The van der Waals surface area contributed by atoms with Gasteiger partial charge in [-0.2, -0.15) is 0 Å². The number of hydrogen-bond donors (Lipinski definition) is 1. The van der Waals surface area contributed by atoms with Crippen molar-refractivity contribution in [2.75, 3.05) is 0 Å². The van der Waals surface area contributed by atoms with Crippen molar-refractivity contribution in [3.8, 4) is 10.7 Å². The van der Waals surface area contributed by atoms with Crippen molar-refractivity contribution >= 4 is 32.5 Å². The Kier molecular flexibility index (Phi) is 2.97. The van der Waals surface area contributed by atoms with Crippen LogP contribution in [0.5, 0.6) is 0 Å². The van der Waals surface area contributed by atoms with Gasteiger partial charge in [-0.3, -0.25) is 4.98 Å². The molecule has 1 aromatic carbocycles. The molecular weight excluding hydrogens is 278 g/mol. The molecular formula is C17H15N3S. The van der Waals surface area contributed by atoms with E-state index in [9.17, 15) is 0 Å². The van der Waals surface area contributed by atoms with Crippen LogP contribution < -0.4 is 0 Å². The van der Waals surface area contributed by atoms with Gasteiger partial charge in [0.2, 0.25) is 0 Å². The monoisotopic (exact) mass is 293 g/mol. The number of fused-ring (bicyclic) bond motifs is 2. The predicted octanol–water partition coefficient (Wildman–Crippen LogP) is 4.79. The maximum Gasteiger partial charge on any atom is 0.148 e. The van der Waals surface area contributed by atoms with Gasteiger partial charge in [-0.25, -0.2) is 4.98 Å². The lowest BCUT2D eigenvalue weighted by Gasteiger charge is -1.96. The number of aromatic nitrogens is 3. The zero-order chi connectivity index (χ0) is 14.2. The van der Waals surface area contributed by atoms with Gasteiger partial charge in [-0.05, 0) is 41.6 Å². The van der Waals surface area contributed by atoms with Crippen LogP contribution in [0.25, 0.3) is 31.8 Å². The Morgan fingerprint density at radius 2 is 2.14 bits per heavy atom. The van der Waals surface area contributed by atoms with Gasteiger partial charge in [-0.1, -0.05) is 19.4 Å². The van der Waals surface area contributed by atoms with Crippen molar-refractivity contribution in [1.29, 1.82) is 0 Å². The Bertz CT molecular complexity index is 887. The number of thiophene rings is 1. The Balaban J connectivity index is 1.82. The minimum Gasteiger partial charge on any atom is -0.337 e. The zero-order valence-electron chi connectivity index (χ0n) is 11.8. The second-order valence-corrected chi connectivity index (χ2v) is 6.29. The molecule has 0 aliphatic heterocycles. The molecule has 0 saturated heterocycles. The van der Waals surface area contributed by atoms with E-state index in [1.54, 1.807) is 11.3 Å². The molecule has 1 N–H and O–H groups in total. The van der Waals surface area contributed by atoms with Gasteiger partial charge in [0.05, 0.1) is 20.6 Å². The fourth-order valence-electron chi connectivity index (χ4n) is 2.62. The molecule has 0 radical (unpaired) electrons. The lowest BCUT2D eigenvalue weighted by Crippen LogP contribution is -1.81. The molecule has 0 spiro atoms. The number of nitrogens with one attached hydrogen (secondary N) is 1. The third kappa shape index (κ3) is 2.21. The maximum atomic E-state index is 4.71. The molecule has 4 rings (SSSR count). The number of H-pyrrole nitrogens is 1. The Morgan fingerprint density at radius 1 is 1.19 bits per heavy atom. The summed E-state index contributed by atoms with van der Waals surface area (Å²) < 4.78 is 1.19. The van der Waals surface area contributed by atoms with E-state index in [-0.39, 0.29) is 0 Å². The van der Waals surface area contributed by atoms with Gasteiger partial charge < -0.3 is 4.98 Å². The third-order valence-electron chi connectivity index (χ3n) is 3.64. The summed E-state index contributed by atoms with van der Waals surface area (Å²) >= 11 is 1.72. The number of aryl methyl sites for hydroxylation is 1. The molecule has 3 heterocycles. The number of nitrogens with zero attached hydrogens (tertiary/aromatic N) is 2. The minimum atomic E-state index is 0.944. The molecule has 0 bridgehead atoms. The maximum absolute atomic E-state index is 4.71. The van der Waals surface area contributed by atoms with E-state index in [4.69, 9.17) is 4.98 Å². The number of benzene rings is 1. The normalized spacial score (nSPS) is 11.5. The average molecular weight is 293 g/mol. The third-order valence-corrected chi connectivity index (χ3v) is 4.73. The first-order chi connectivity index (χ1) is 10.3. The Labute approximate surface area is 126 Å². The molecule has 0 fully saturated rings.